The summed E-state index contributed by atoms with van der Waals surface area (Å²) in [5.74, 6) is 0.0299. The van der Waals surface area contributed by atoms with Gasteiger partial charge in [-0.15, -0.1) is 0 Å². The first kappa shape index (κ1) is 31.4. The molecule has 1 aromatic heterocycles. The number of allylic oxidation sites excluding steroid dienone is 2. The minimum absolute atomic E-state index is 0. The Morgan fingerprint density at radius 2 is 1.53 bits per heavy atom. The van der Waals surface area contributed by atoms with Gasteiger partial charge in [0.05, 0.1) is 13.2 Å². The van der Waals surface area contributed by atoms with Crippen molar-refractivity contribution in [2.45, 2.75) is 116 Å². The molecule has 1 heterocycles. The van der Waals surface area contributed by atoms with Crippen LogP contribution >= 0.6 is 0 Å². The molecule has 0 saturated carbocycles. The van der Waals surface area contributed by atoms with E-state index in [2.05, 4.69) is 28.6 Å². The number of hydrogen-bond acceptors (Lipinski definition) is 4. The normalized spacial score (nSPS) is 11.2. The molecule has 0 aliphatic rings. The molecule has 0 spiro atoms. The second-order valence-corrected chi connectivity index (χ2v) is 8.46. The molecule has 0 atom stereocenters. The zero-order valence-electron chi connectivity index (χ0n) is 20.9. The minimum Gasteiger partial charge on any atom is -0.550 e. The summed E-state index contributed by atoms with van der Waals surface area (Å²) in [5, 5.41) is 10.4. The topological polar surface area (TPSA) is 67.2 Å². The molecule has 0 fully saturated rings. The molecule has 0 aromatic carbocycles. The minimum atomic E-state index is -1.07. The third-order valence-corrected chi connectivity index (χ3v) is 5.64. The number of hydrogen-bond donors (Lipinski definition) is 0. The summed E-state index contributed by atoms with van der Waals surface area (Å²) in [5.41, 5.74) is 0. The van der Waals surface area contributed by atoms with E-state index in [0.717, 1.165) is 18.8 Å². The number of carboxylic acids is 1. The van der Waals surface area contributed by atoms with E-state index < -0.39 is 5.97 Å². The fraction of sp³-hybridized carbons (Fsp3) is 0.769. The second kappa shape index (κ2) is 23.5. The first-order valence-corrected chi connectivity index (χ1v) is 12.7. The van der Waals surface area contributed by atoms with Crippen molar-refractivity contribution in [1.29, 1.82) is 0 Å². The Labute approximate surface area is 218 Å². The average Bonchev–Trinajstić information content (AvgIpc) is 3.20. The zero-order valence-corrected chi connectivity index (χ0v) is 22.9. The molecule has 32 heavy (non-hydrogen) atoms. The van der Waals surface area contributed by atoms with Crippen LogP contribution in [0.5, 0.6) is 0 Å². The molecule has 178 valence electrons. The second-order valence-electron chi connectivity index (χ2n) is 8.46. The molecule has 0 N–H and O–H groups in total. The van der Waals surface area contributed by atoms with E-state index >= 15 is 0 Å². The summed E-state index contributed by atoms with van der Waals surface area (Å²) in [6, 6.07) is 0. The zero-order chi connectivity index (χ0) is 22.4. The van der Waals surface area contributed by atoms with Gasteiger partial charge in [-0.05, 0) is 32.1 Å². The quantitative estimate of drug-likeness (QED) is 0.153. The van der Waals surface area contributed by atoms with Crippen molar-refractivity contribution < 1.29 is 44.2 Å². The van der Waals surface area contributed by atoms with Gasteiger partial charge in [0.15, 0.2) is 0 Å². The number of aryl methyl sites for hydroxylation is 1. The molecule has 0 bridgehead atoms. The molecule has 6 heteroatoms. The summed E-state index contributed by atoms with van der Waals surface area (Å²) in [7, 11) is 0. The van der Waals surface area contributed by atoms with Crippen LogP contribution in [0.1, 0.15) is 109 Å². The number of rotatable bonds is 22. The monoisotopic (exact) mass is 456 g/mol. The third kappa shape index (κ3) is 18.9. The predicted molar refractivity (Wildman–Crippen MR) is 126 cm³/mol. The predicted octanol–water partition coefficient (Wildman–Crippen LogP) is 2.62. The van der Waals surface area contributed by atoms with Gasteiger partial charge in [-0.2, -0.15) is 0 Å². The third-order valence-electron chi connectivity index (χ3n) is 5.64. The smallest absolute Gasteiger partial charge is 0.550 e. The van der Waals surface area contributed by atoms with E-state index in [4.69, 9.17) is 4.74 Å². The van der Waals surface area contributed by atoms with Gasteiger partial charge in [-0.25, -0.2) is 4.98 Å². The standard InChI is InChI=1S/C26H46N2O3.Na/c1-2-3-4-5-6-7-8-9-10-11-12-13-14-15-16-17-18-25-27-20-21-28(25)22-24-31-23-19-26(29)30;/h9-10,20-21H,2-8,11-19,22-24H2,1H3,(H,29,30);/q;+1/p-1/b10-9-;. The van der Waals surface area contributed by atoms with E-state index in [1.54, 1.807) is 0 Å². The fourth-order valence-electron chi connectivity index (χ4n) is 3.72. The maximum atomic E-state index is 10.4. The van der Waals surface area contributed by atoms with Crippen LogP contribution in [0.15, 0.2) is 24.5 Å². The molecule has 0 saturated heterocycles. The van der Waals surface area contributed by atoms with E-state index in [9.17, 15) is 9.90 Å². The van der Waals surface area contributed by atoms with E-state index in [1.807, 2.05) is 12.4 Å². The molecule has 1 rings (SSSR count). The molecule has 1 aromatic rings. The Balaban J connectivity index is 0.00000961. The van der Waals surface area contributed by atoms with Crippen LogP contribution in [0.4, 0.5) is 0 Å². The number of nitrogens with zero attached hydrogens (tertiary/aromatic N) is 2. The summed E-state index contributed by atoms with van der Waals surface area (Å²) in [6.07, 6.45) is 28.0. The molecule has 0 unspecified atom stereocenters. The molecule has 0 aliphatic carbocycles. The molecule has 5 nitrogen and oxygen atoms in total. The Kier molecular flexibility index (Phi) is 23.1. The van der Waals surface area contributed by atoms with Gasteiger partial charge in [0, 0.05) is 37.7 Å². The van der Waals surface area contributed by atoms with Crippen LogP contribution in [0, 0.1) is 0 Å². The van der Waals surface area contributed by atoms with E-state index in [-0.39, 0.29) is 42.6 Å². The van der Waals surface area contributed by atoms with Gasteiger partial charge in [0.25, 0.3) is 0 Å². The SMILES string of the molecule is CCCCCCCC/C=C\CCCCCCCCc1nccn1CCOCCC(=O)[O-].[Na+]. The summed E-state index contributed by atoms with van der Waals surface area (Å²) in [6.45, 7) is 3.70. The largest absolute Gasteiger partial charge is 1.00 e. The molecule has 0 aliphatic heterocycles. The van der Waals surface area contributed by atoms with Gasteiger partial charge in [0.2, 0.25) is 0 Å². The van der Waals surface area contributed by atoms with Crippen molar-refractivity contribution >= 4 is 5.97 Å². The van der Waals surface area contributed by atoms with Crippen LogP contribution in [0.25, 0.3) is 0 Å². The average molecular weight is 457 g/mol. The van der Waals surface area contributed by atoms with Crippen LogP contribution in [0.2, 0.25) is 0 Å². The molecule has 0 amide bonds. The van der Waals surface area contributed by atoms with Gasteiger partial charge in [-0.3, -0.25) is 0 Å². The van der Waals surface area contributed by atoms with Crippen molar-refractivity contribution in [1.82, 2.24) is 9.55 Å². The Morgan fingerprint density at radius 1 is 0.938 bits per heavy atom. The van der Waals surface area contributed by atoms with Crippen molar-refractivity contribution in [2.75, 3.05) is 13.2 Å². The number of aromatic nitrogens is 2. The maximum absolute atomic E-state index is 10.4. The number of ether oxygens (including phenoxy) is 1. The van der Waals surface area contributed by atoms with Crippen molar-refractivity contribution in [3.63, 3.8) is 0 Å². The summed E-state index contributed by atoms with van der Waals surface area (Å²) >= 11 is 0. The van der Waals surface area contributed by atoms with Gasteiger partial charge in [-0.1, -0.05) is 76.9 Å². The number of carboxylic acid groups (broad SMARTS) is 1. The van der Waals surface area contributed by atoms with Crippen molar-refractivity contribution in [3.05, 3.63) is 30.4 Å². The van der Waals surface area contributed by atoms with Crippen molar-refractivity contribution in [3.8, 4) is 0 Å². The van der Waals surface area contributed by atoms with Gasteiger partial charge >= 0.3 is 29.6 Å². The Hall–Kier alpha value is -0.620. The number of carbonyl (C=O) groups excluding carboxylic acids is 1. The van der Waals surface area contributed by atoms with E-state index in [0.29, 0.717) is 6.61 Å². The molecular weight excluding hydrogens is 411 g/mol. The number of carbonyl (C=O) groups is 1. The van der Waals surface area contributed by atoms with Gasteiger partial charge < -0.3 is 19.2 Å². The first-order chi connectivity index (χ1) is 15.2. The van der Waals surface area contributed by atoms with Crippen LogP contribution in [0.3, 0.4) is 0 Å². The van der Waals surface area contributed by atoms with Crippen LogP contribution in [-0.4, -0.2) is 28.7 Å². The first-order valence-electron chi connectivity index (χ1n) is 12.7. The van der Waals surface area contributed by atoms with E-state index in [1.165, 1.54) is 89.9 Å². The van der Waals surface area contributed by atoms with Gasteiger partial charge in [0.1, 0.15) is 5.82 Å². The van der Waals surface area contributed by atoms with Crippen LogP contribution in [-0.2, 0) is 22.5 Å². The molecular formula is C26H45N2NaO3. The maximum Gasteiger partial charge on any atom is 1.00 e. The van der Waals surface area contributed by atoms with Crippen molar-refractivity contribution in [2.24, 2.45) is 0 Å². The molecule has 0 radical (unpaired) electrons. The fourth-order valence-corrected chi connectivity index (χ4v) is 3.72. The Bertz CT molecular complexity index is 575. The summed E-state index contributed by atoms with van der Waals surface area (Å²) in [4.78, 5) is 14.8. The Morgan fingerprint density at radius 3 is 2.16 bits per heavy atom. The number of aliphatic carboxylic acids is 1. The van der Waals surface area contributed by atoms with Crippen LogP contribution < -0.4 is 34.7 Å². The number of imidazole rings is 1. The number of unbranched alkanes of at least 4 members (excludes halogenated alkanes) is 12. The summed E-state index contributed by atoms with van der Waals surface area (Å²) < 4.78 is 7.44.